The van der Waals surface area contributed by atoms with Gasteiger partial charge < -0.3 is 4.84 Å². The smallest absolute Gasteiger partial charge is 0.313 e. The van der Waals surface area contributed by atoms with Gasteiger partial charge in [0, 0.05) is 17.0 Å². The molecule has 10 heteroatoms. The van der Waals surface area contributed by atoms with Gasteiger partial charge >= 0.3 is 12.1 Å². The minimum Gasteiger partial charge on any atom is -0.313 e. The van der Waals surface area contributed by atoms with Crippen LogP contribution in [0.2, 0.25) is 5.02 Å². The Hall–Kier alpha value is -2.78. The minimum absolute atomic E-state index is 0.180. The summed E-state index contributed by atoms with van der Waals surface area (Å²) in [6.07, 6.45) is -3.86. The number of halogens is 4. The fourth-order valence-corrected chi connectivity index (χ4v) is 3.51. The predicted octanol–water partition coefficient (Wildman–Crippen LogP) is 5.74. The Morgan fingerprint density at radius 3 is 2.40 bits per heavy atom. The molecule has 0 saturated heterocycles. The van der Waals surface area contributed by atoms with Gasteiger partial charge in [0.25, 0.3) is 0 Å². The third kappa shape index (κ3) is 5.22. The fraction of sp³-hybridized carbons (Fsp3) is 0.150. The molecule has 30 heavy (non-hydrogen) atoms. The summed E-state index contributed by atoms with van der Waals surface area (Å²) < 4.78 is 41.5. The first-order valence-corrected chi connectivity index (χ1v) is 9.73. The maximum absolute atomic E-state index is 13.5. The zero-order valence-corrected chi connectivity index (χ0v) is 17.3. The van der Waals surface area contributed by atoms with Gasteiger partial charge in [-0.05, 0) is 43.3 Å². The molecule has 2 aromatic carbocycles. The average Bonchev–Trinajstić information content (AvgIpc) is 3.00. The van der Waals surface area contributed by atoms with Gasteiger partial charge in [0.05, 0.1) is 17.3 Å². The molecule has 0 N–H and O–H groups in total. The third-order valence-electron chi connectivity index (χ3n) is 3.93. The molecule has 0 unspecified atom stereocenters. The number of aromatic nitrogens is 2. The number of benzene rings is 2. The predicted molar refractivity (Wildman–Crippen MR) is 108 cm³/mol. The normalized spacial score (nSPS) is 11.8. The van der Waals surface area contributed by atoms with E-state index in [0.717, 1.165) is 28.2 Å². The molecule has 0 atom stereocenters. The SMILES string of the molecule is Cc1ccc(C(=O)O/N=C/c2c(C(F)(F)F)nn(C)c2Sc2ccc(Cl)cc2)cc1. The zero-order valence-electron chi connectivity index (χ0n) is 15.8. The van der Waals surface area contributed by atoms with Crippen molar-refractivity contribution in [2.75, 3.05) is 0 Å². The molecule has 0 aliphatic heterocycles. The standard InChI is InChI=1S/C20H15ClF3N3O2S/c1-12-3-5-13(6-4-12)19(28)29-25-11-16-17(20(22,23)24)26-27(2)18(16)30-15-9-7-14(21)8-10-15/h3-11H,1-2H3/b25-11+. The lowest BCUT2D eigenvalue weighted by Gasteiger charge is -2.05. The highest BCUT2D eigenvalue weighted by Gasteiger charge is 2.38. The van der Waals surface area contributed by atoms with E-state index >= 15 is 0 Å². The highest BCUT2D eigenvalue weighted by molar-refractivity contribution is 7.99. The van der Waals surface area contributed by atoms with Crippen molar-refractivity contribution in [3.05, 3.63) is 75.9 Å². The molecule has 0 radical (unpaired) electrons. The molecule has 0 saturated carbocycles. The zero-order chi connectivity index (χ0) is 21.9. The molecule has 0 fully saturated rings. The Balaban J connectivity index is 1.89. The number of hydrogen-bond acceptors (Lipinski definition) is 5. The van der Waals surface area contributed by atoms with Crippen molar-refractivity contribution in [1.82, 2.24) is 9.78 Å². The molecule has 0 amide bonds. The number of carbonyl (C=O) groups is 1. The topological polar surface area (TPSA) is 56.5 Å². The number of alkyl halides is 3. The molecular weight excluding hydrogens is 439 g/mol. The van der Waals surface area contributed by atoms with Crippen LogP contribution in [0.1, 0.15) is 27.2 Å². The van der Waals surface area contributed by atoms with Gasteiger partial charge in [-0.2, -0.15) is 18.3 Å². The van der Waals surface area contributed by atoms with Crippen molar-refractivity contribution in [3.63, 3.8) is 0 Å². The highest BCUT2D eigenvalue weighted by Crippen LogP contribution is 2.37. The largest absolute Gasteiger partial charge is 0.435 e. The molecule has 0 aliphatic rings. The molecule has 156 valence electrons. The van der Waals surface area contributed by atoms with E-state index in [2.05, 4.69) is 10.3 Å². The van der Waals surface area contributed by atoms with E-state index in [1.165, 1.54) is 7.05 Å². The highest BCUT2D eigenvalue weighted by atomic mass is 35.5. The van der Waals surface area contributed by atoms with Crippen molar-refractivity contribution >= 4 is 35.5 Å². The lowest BCUT2D eigenvalue weighted by Crippen LogP contribution is -2.09. The Morgan fingerprint density at radius 2 is 1.80 bits per heavy atom. The van der Waals surface area contributed by atoms with E-state index < -0.39 is 17.8 Å². The number of nitrogens with zero attached hydrogens (tertiary/aromatic N) is 3. The van der Waals surface area contributed by atoms with E-state index in [1.54, 1.807) is 48.5 Å². The first kappa shape index (κ1) is 21.9. The summed E-state index contributed by atoms with van der Waals surface area (Å²) in [5.41, 5.74) is -0.252. The Bertz CT molecular complexity index is 1080. The fourth-order valence-electron chi connectivity index (χ4n) is 2.46. The average molecular weight is 454 g/mol. The van der Waals surface area contributed by atoms with Gasteiger partial charge in [-0.15, -0.1) is 0 Å². The Morgan fingerprint density at radius 1 is 1.17 bits per heavy atom. The van der Waals surface area contributed by atoms with Crippen molar-refractivity contribution < 1.29 is 22.8 Å². The molecular formula is C20H15ClF3N3O2S. The monoisotopic (exact) mass is 453 g/mol. The molecule has 5 nitrogen and oxygen atoms in total. The lowest BCUT2D eigenvalue weighted by atomic mass is 10.2. The van der Waals surface area contributed by atoms with Crippen molar-refractivity contribution in [2.24, 2.45) is 12.2 Å². The van der Waals surface area contributed by atoms with Crippen LogP contribution in [0.4, 0.5) is 13.2 Å². The summed E-state index contributed by atoms with van der Waals surface area (Å²) in [6.45, 7) is 1.86. The van der Waals surface area contributed by atoms with Gasteiger partial charge in [0.2, 0.25) is 0 Å². The second-order valence-electron chi connectivity index (χ2n) is 6.22. The van der Waals surface area contributed by atoms with Gasteiger partial charge in [0.1, 0.15) is 5.03 Å². The third-order valence-corrected chi connectivity index (χ3v) is 5.37. The van der Waals surface area contributed by atoms with E-state index in [0.29, 0.717) is 9.92 Å². The van der Waals surface area contributed by atoms with E-state index in [1.807, 2.05) is 6.92 Å². The number of oxime groups is 1. The number of rotatable bonds is 5. The van der Waals surface area contributed by atoms with Crippen molar-refractivity contribution in [2.45, 2.75) is 23.0 Å². The van der Waals surface area contributed by atoms with Crippen LogP contribution in [0.25, 0.3) is 0 Å². The molecule has 3 aromatic rings. The number of carbonyl (C=O) groups excluding carboxylic acids is 1. The van der Waals surface area contributed by atoms with Gasteiger partial charge in [-0.1, -0.05) is 46.2 Å². The quantitative estimate of drug-likeness (QED) is 0.281. The lowest BCUT2D eigenvalue weighted by molar-refractivity contribution is -0.141. The van der Waals surface area contributed by atoms with Crippen LogP contribution in [-0.4, -0.2) is 22.0 Å². The van der Waals surface area contributed by atoms with Gasteiger partial charge in [-0.25, -0.2) is 4.79 Å². The first-order valence-electron chi connectivity index (χ1n) is 8.54. The van der Waals surface area contributed by atoms with E-state index in [9.17, 15) is 18.0 Å². The van der Waals surface area contributed by atoms with Crippen molar-refractivity contribution in [1.29, 1.82) is 0 Å². The first-order chi connectivity index (χ1) is 14.1. The summed E-state index contributed by atoms with van der Waals surface area (Å²) in [5.74, 6) is -0.782. The molecule has 3 rings (SSSR count). The Kier molecular flexibility index (Phi) is 6.52. The maximum Gasteiger partial charge on any atom is 0.435 e. The molecule has 1 aromatic heterocycles. The van der Waals surface area contributed by atoms with Gasteiger partial charge in [0.15, 0.2) is 5.69 Å². The number of hydrogen-bond donors (Lipinski definition) is 0. The van der Waals surface area contributed by atoms with Crippen LogP contribution in [0.5, 0.6) is 0 Å². The minimum atomic E-state index is -4.71. The van der Waals surface area contributed by atoms with Crippen LogP contribution >= 0.6 is 23.4 Å². The summed E-state index contributed by atoms with van der Waals surface area (Å²) in [6, 6.07) is 13.1. The number of aryl methyl sites for hydroxylation is 2. The Labute approximate surface area is 179 Å². The van der Waals surface area contributed by atoms with E-state index in [-0.39, 0.29) is 16.2 Å². The van der Waals surface area contributed by atoms with Crippen LogP contribution in [-0.2, 0) is 18.1 Å². The summed E-state index contributed by atoms with van der Waals surface area (Å²) in [7, 11) is 1.39. The second-order valence-corrected chi connectivity index (χ2v) is 7.72. The molecule has 0 aliphatic carbocycles. The maximum atomic E-state index is 13.5. The molecule has 0 bridgehead atoms. The van der Waals surface area contributed by atoms with Crippen LogP contribution < -0.4 is 0 Å². The summed E-state index contributed by atoms with van der Waals surface area (Å²) >= 11 is 6.91. The van der Waals surface area contributed by atoms with Crippen molar-refractivity contribution in [3.8, 4) is 0 Å². The molecule has 1 heterocycles. The molecule has 0 spiro atoms. The summed E-state index contributed by atoms with van der Waals surface area (Å²) in [5, 5.41) is 7.74. The van der Waals surface area contributed by atoms with Crippen LogP contribution in [0, 0.1) is 6.92 Å². The van der Waals surface area contributed by atoms with Crippen LogP contribution in [0.3, 0.4) is 0 Å². The summed E-state index contributed by atoms with van der Waals surface area (Å²) in [4.78, 5) is 17.5. The van der Waals surface area contributed by atoms with Crippen LogP contribution in [0.15, 0.2) is 63.6 Å². The van der Waals surface area contributed by atoms with Gasteiger partial charge in [-0.3, -0.25) is 4.68 Å². The second kappa shape index (κ2) is 8.93. The van der Waals surface area contributed by atoms with E-state index in [4.69, 9.17) is 16.4 Å².